The number of nitrogens with zero attached hydrogens (tertiary/aromatic N) is 5. The molecule has 9 nitrogen and oxygen atoms in total. The summed E-state index contributed by atoms with van der Waals surface area (Å²) in [6.07, 6.45) is 6.49. The summed E-state index contributed by atoms with van der Waals surface area (Å²) >= 11 is 0. The number of aryl methyl sites for hydroxylation is 1. The maximum atomic E-state index is 12.0. The third-order valence-corrected chi connectivity index (χ3v) is 5.00. The molecule has 0 atom stereocenters. The summed E-state index contributed by atoms with van der Waals surface area (Å²) in [5.74, 6) is 0.967. The highest BCUT2D eigenvalue weighted by Gasteiger charge is 2.29. The molecule has 2 aromatic rings. The van der Waals surface area contributed by atoms with Crippen molar-refractivity contribution in [1.29, 1.82) is 5.26 Å². The van der Waals surface area contributed by atoms with E-state index < -0.39 is 0 Å². The van der Waals surface area contributed by atoms with Gasteiger partial charge in [0, 0.05) is 46.7 Å². The summed E-state index contributed by atoms with van der Waals surface area (Å²) in [4.78, 5) is 26.8. The van der Waals surface area contributed by atoms with Gasteiger partial charge in [-0.3, -0.25) is 9.79 Å². The number of amides is 1. The van der Waals surface area contributed by atoms with Crippen molar-refractivity contribution in [3.63, 3.8) is 0 Å². The van der Waals surface area contributed by atoms with Crippen LogP contribution in [-0.2, 0) is 17.8 Å². The predicted octanol–water partition coefficient (Wildman–Crippen LogP) is 3.82. The lowest BCUT2D eigenvalue weighted by Gasteiger charge is -2.34. The number of nitrogens with one attached hydrogen (secondary N) is 2. The van der Waals surface area contributed by atoms with Gasteiger partial charge < -0.3 is 21.3 Å². The van der Waals surface area contributed by atoms with E-state index in [1.807, 2.05) is 32.0 Å². The summed E-state index contributed by atoms with van der Waals surface area (Å²) in [5.41, 5.74) is 8.38. The number of benzene rings is 1. The monoisotopic (exact) mass is 466 g/mol. The lowest BCUT2D eigenvalue weighted by molar-refractivity contribution is -0.134. The fourth-order valence-electron chi connectivity index (χ4n) is 3.19. The third-order valence-electron chi connectivity index (χ3n) is 5.00. The first-order valence-corrected chi connectivity index (χ1v) is 11.6. The van der Waals surface area contributed by atoms with Crippen molar-refractivity contribution in [2.24, 2.45) is 16.6 Å². The van der Waals surface area contributed by atoms with E-state index in [1.54, 1.807) is 11.1 Å². The second-order valence-corrected chi connectivity index (χ2v) is 7.50. The molecule has 1 aromatic heterocycles. The fourth-order valence-corrected chi connectivity index (χ4v) is 3.19. The molecular formula is C25H38N8O. The Kier molecular flexibility index (Phi) is 11.0. The normalized spacial score (nSPS) is 13.5. The van der Waals surface area contributed by atoms with Gasteiger partial charge in [-0.15, -0.1) is 0 Å². The van der Waals surface area contributed by atoms with Gasteiger partial charge in [-0.25, -0.2) is 4.98 Å². The molecule has 0 radical (unpaired) electrons. The molecule has 0 bridgehead atoms. The standard InChI is InChI=1S/C23H28N8O.C2H6.2H2/c1-2-6-19-12-28-23(30-22(19)27-11-17-7-4-3-5-8-17)29-20(10-25)13-26-14-21(32)31-15-18(9-24)16-31;1-2;;/h3-5,7-8,10,12-13,18H,2,6,11,14-16,25H2,1H3,(H2,27,28,29,30);1-2H3;2*1H/b20-10+,26-13?;;;. The molecular weight excluding hydrogens is 428 g/mol. The van der Waals surface area contributed by atoms with Crippen LogP contribution in [0.1, 0.15) is 41.2 Å². The lowest BCUT2D eigenvalue weighted by Crippen LogP contribution is -2.50. The Labute approximate surface area is 204 Å². The van der Waals surface area contributed by atoms with Crippen LogP contribution in [0.25, 0.3) is 0 Å². The van der Waals surface area contributed by atoms with Gasteiger partial charge in [-0.05, 0) is 12.0 Å². The zero-order valence-electron chi connectivity index (χ0n) is 20.2. The second-order valence-electron chi connectivity index (χ2n) is 7.50. The number of anilines is 2. The van der Waals surface area contributed by atoms with Gasteiger partial charge in [0.25, 0.3) is 0 Å². The number of carbonyl (C=O) groups is 1. The van der Waals surface area contributed by atoms with E-state index in [0.29, 0.717) is 31.3 Å². The van der Waals surface area contributed by atoms with Crippen LogP contribution >= 0.6 is 0 Å². The zero-order valence-corrected chi connectivity index (χ0v) is 20.2. The maximum absolute atomic E-state index is 12.0. The molecule has 1 saturated heterocycles. The average Bonchev–Trinajstić information content (AvgIpc) is 2.84. The number of hydrogen-bond acceptors (Lipinski definition) is 8. The number of aromatic nitrogens is 2. The molecule has 3 rings (SSSR count). The Morgan fingerprint density at radius 2 is 2.09 bits per heavy atom. The summed E-state index contributed by atoms with van der Waals surface area (Å²) in [6.45, 7) is 7.71. The molecule has 0 unspecified atom stereocenters. The van der Waals surface area contributed by atoms with E-state index in [1.165, 1.54) is 12.4 Å². The van der Waals surface area contributed by atoms with Crippen LogP contribution in [0.5, 0.6) is 0 Å². The summed E-state index contributed by atoms with van der Waals surface area (Å²) in [7, 11) is 0. The predicted molar refractivity (Wildman–Crippen MR) is 140 cm³/mol. The summed E-state index contributed by atoms with van der Waals surface area (Å²) < 4.78 is 0. The Bertz CT molecular complexity index is 1020. The minimum absolute atomic E-state index is 0. The molecule has 34 heavy (non-hydrogen) atoms. The Morgan fingerprint density at radius 1 is 1.35 bits per heavy atom. The number of rotatable bonds is 10. The zero-order chi connectivity index (χ0) is 24.8. The van der Waals surface area contributed by atoms with E-state index >= 15 is 0 Å². The van der Waals surface area contributed by atoms with Crippen molar-refractivity contribution < 1.29 is 7.65 Å². The van der Waals surface area contributed by atoms with E-state index in [4.69, 9.17) is 11.0 Å². The number of allylic oxidation sites excluding steroid dienone is 1. The molecule has 0 spiro atoms. The van der Waals surface area contributed by atoms with Gasteiger partial charge in [-0.1, -0.05) is 57.5 Å². The number of carbonyl (C=O) groups excluding carboxylic acids is 1. The lowest BCUT2D eigenvalue weighted by atomic mass is 10.0. The minimum Gasteiger partial charge on any atom is -0.403 e. The van der Waals surface area contributed by atoms with Gasteiger partial charge in [0.2, 0.25) is 11.9 Å². The van der Waals surface area contributed by atoms with Crippen LogP contribution < -0.4 is 16.4 Å². The molecule has 1 aromatic carbocycles. The Balaban J connectivity index is 0.00000299. The van der Waals surface area contributed by atoms with Crippen LogP contribution in [0.15, 0.2) is 53.4 Å². The number of nitriles is 1. The first kappa shape index (κ1) is 26.3. The largest absolute Gasteiger partial charge is 0.403 e. The van der Waals surface area contributed by atoms with Crippen molar-refractivity contribution in [3.8, 4) is 6.07 Å². The number of hydrogen-bond donors (Lipinski definition) is 3. The number of nitrogens with two attached hydrogens (primary N) is 1. The quantitative estimate of drug-likeness (QED) is 0.453. The minimum atomic E-state index is -0.114. The second kappa shape index (κ2) is 14.3. The van der Waals surface area contributed by atoms with Crippen molar-refractivity contribution in [1.82, 2.24) is 14.9 Å². The molecule has 1 aliphatic rings. The molecule has 2 heterocycles. The van der Waals surface area contributed by atoms with E-state index in [2.05, 4.69) is 50.7 Å². The molecule has 1 fully saturated rings. The molecule has 1 aliphatic heterocycles. The van der Waals surface area contributed by atoms with E-state index in [9.17, 15) is 4.79 Å². The van der Waals surface area contributed by atoms with Crippen molar-refractivity contribution >= 4 is 23.9 Å². The third kappa shape index (κ3) is 7.89. The molecule has 0 aliphatic carbocycles. The molecule has 1 amide bonds. The summed E-state index contributed by atoms with van der Waals surface area (Å²) in [6, 6.07) is 12.3. The summed E-state index contributed by atoms with van der Waals surface area (Å²) in [5, 5.41) is 15.2. The highest BCUT2D eigenvalue weighted by Crippen LogP contribution is 2.18. The van der Waals surface area contributed by atoms with Crippen LogP contribution in [-0.4, -0.2) is 46.6 Å². The smallest absolute Gasteiger partial charge is 0.244 e. The molecule has 184 valence electrons. The average molecular weight is 467 g/mol. The SMILES string of the molecule is CC.CCCc1cnc(N/C(C=NCC(=O)N2CC(C#N)C2)=C/N)nc1NCc1ccccc1.[HH].[HH]. The fraction of sp³-hybridized carbons (Fsp3) is 0.400. The first-order valence-electron chi connectivity index (χ1n) is 11.6. The van der Waals surface area contributed by atoms with E-state index in [-0.39, 0.29) is 21.2 Å². The van der Waals surface area contributed by atoms with Crippen LogP contribution in [0.2, 0.25) is 0 Å². The van der Waals surface area contributed by atoms with Crippen molar-refractivity contribution in [3.05, 3.63) is 59.6 Å². The van der Waals surface area contributed by atoms with E-state index in [0.717, 1.165) is 29.8 Å². The van der Waals surface area contributed by atoms with Crippen molar-refractivity contribution in [2.75, 3.05) is 30.3 Å². The Morgan fingerprint density at radius 3 is 2.74 bits per heavy atom. The first-order chi connectivity index (χ1) is 16.6. The van der Waals surface area contributed by atoms with Crippen molar-refractivity contribution in [2.45, 2.75) is 40.2 Å². The van der Waals surface area contributed by atoms with Gasteiger partial charge in [0.15, 0.2) is 0 Å². The van der Waals surface area contributed by atoms with Gasteiger partial charge in [0.1, 0.15) is 12.4 Å². The molecule has 9 heteroatoms. The topological polar surface area (TPSA) is 132 Å². The number of aliphatic imine (C=N–C) groups is 1. The van der Waals surface area contributed by atoms with Crippen LogP contribution in [0.3, 0.4) is 0 Å². The van der Waals surface area contributed by atoms with Crippen LogP contribution in [0.4, 0.5) is 11.8 Å². The van der Waals surface area contributed by atoms with Gasteiger partial charge in [0.05, 0.1) is 17.7 Å². The highest BCUT2D eigenvalue weighted by molar-refractivity contribution is 5.86. The van der Waals surface area contributed by atoms with Gasteiger partial charge >= 0.3 is 0 Å². The maximum Gasteiger partial charge on any atom is 0.244 e. The highest BCUT2D eigenvalue weighted by atomic mass is 16.2. The number of likely N-dealkylation sites (tertiary alicyclic amines) is 1. The molecule has 4 N–H and O–H groups in total. The molecule has 0 saturated carbocycles. The van der Waals surface area contributed by atoms with Crippen LogP contribution in [0, 0.1) is 17.2 Å². The van der Waals surface area contributed by atoms with Gasteiger partial charge in [-0.2, -0.15) is 10.2 Å². The Hall–Kier alpha value is -3.93.